The molecule has 5 heteroatoms. The Balaban J connectivity index is 1.60. The summed E-state index contributed by atoms with van der Waals surface area (Å²) in [6.07, 6.45) is 4.63. The van der Waals surface area contributed by atoms with Crippen molar-refractivity contribution in [3.05, 3.63) is 72.6 Å². The third-order valence-corrected chi connectivity index (χ3v) is 5.55. The van der Waals surface area contributed by atoms with Gasteiger partial charge in [-0.3, -0.25) is 4.79 Å². The van der Waals surface area contributed by atoms with Crippen LogP contribution in [0.5, 0.6) is 5.75 Å². The maximum Gasteiger partial charge on any atom is 0.220 e. The number of hydrogen-bond donors (Lipinski definition) is 0. The van der Waals surface area contributed by atoms with Crippen molar-refractivity contribution in [3.8, 4) is 5.75 Å². The highest BCUT2D eigenvalue weighted by Gasteiger charge is 2.32. The molecule has 0 saturated carbocycles. The molecule has 5 nitrogen and oxygen atoms in total. The largest absolute Gasteiger partial charge is 0.491 e. The van der Waals surface area contributed by atoms with Crippen molar-refractivity contribution in [3.63, 3.8) is 0 Å². The highest BCUT2D eigenvalue weighted by molar-refractivity contribution is 5.77. The summed E-state index contributed by atoms with van der Waals surface area (Å²) < 4.78 is 8.35. The fourth-order valence-corrected chi connectivity index (χ4v) is 4.21. The molecule has 2 aromatic carbocycles. The Hall–Kier alpha value is -3.08. The quantitative estimate of drug-likeness (QED) is 0.558. The normalized spacial score (nSPS) is 16.3. The number of benzene rings is 2. The number of carbonyl (C=O) groups excluding carboxylic acids is 1. The van der Waals surface area contributed by atoms with Crippen LogP contribution in [0, 0.1) is 0 Å². The SMILES string of the molecule is C=CCc1ccccc1OCCn1c([C@H]2CCCN2C(C)=O)nc2ccccc21. The van der Waals surface area contributed by atoms with E-state index in [4.69, 9.17) is 9.72 Å². The zero-order valence-electron chi connectivity index (χ0n) is 16.9. The molecule has 0 aliphatic carbocycles. The van der Waals surface area contributed by atoms with E-state index in [1.165, 1.54) is 0 Å². The van der Waals surface area contributed by atoms with Gasteiger partial charge in [0, 0.05) is 13.5 Å². The molecule has 1 saturated heterocycles. The molecule has 150 valence electrons. The molecular formula is C24H27N3O2. The first kappa shape index (κ1) is 19.2. The van der Waals surface area contributed by atoms with Gasteiger partial charge in [-0.25, -0.2) is 4.98 Å². The van der Waals surface area contributed by atoms with E-state index in [2.05, 4.69) is 23.3 Å². The molecule has 4 rings (SSSR count). The van der Waals surface area contributed by atoms with Gasteiger partial charge in [-0.15, -0.1) is 6.58 Å². The molecule has 0 spiro atoms. The third-order valence-electron chi connectivity index (χ3n) is 5.55. The fourth-order valence-electron chi connectivity index (χ4n) is 4.21. The van der Waals surface area contributed by atoms with Gasteiger partial charge in [0.25, 0.3) is 0 Å². The average molecular weight is 389 g/mol. The first-order valence-corrected chi connectivity index (χ1v) is 10.2. The summed E-state index contributed by atoms with van der Waals surface area (Å²) in [5.41, 5.74) is 3.18. The van der Waals surface area contributed by atoms with Gasteiger partial charge < -0.3 is 14.2 Å². The van der Waals surface area contributed by atoms with Gasteiger partial charge in [0.1, 0.15) is 18.2 Å². The van der Waals surface area contributed by atoms with Crippen LogP contribution in [0.2, 0.25) is 0 Å². The minimum absolute atomic E-state index is 0.0351. The monoisotopic (exact) mass is 389 g/mol. The molecule has 0 unspecified atom stereocenters. The van der Waals surface area contributed by atoms with Crippen LogP contribution in [0.1, 0.15) is 37.2 Å². The average Bonchev–Trinajstić information content (AvgIpc) is 3.34. The Morgan fingerprint density at radius 1 is 1.24 bits per heavy atom. The Morgan fingerprint density at radius 3 is 2.86 bits per heavy atom. The van der Waals surface area contributed by atoms with Crippen LogP contribution in [0.3, 0.4) is 0 Å². The van der Waals surface area contributed by atoms with Gasteiger partial charge in [-0.05, 0) is 43.0 Å². The van der Waals surface area contributed by atoms with E-state index in [0.29, 0.717) is 13.2 Å². The molecule has 1 aliphatic heterocycles. The van der Waals surface area contributed by atoms with Crippen LogP contribution < -0.4 is 4.74 Å². The highest BCUT2D eigenvalue weighted by Crippen LogP contribution is 2.33. The van der Waals surface area contributed by atoms with Gasteiger partial charge in [-0.2, -0.15) is 0 Å². The van der Waals surface area contributed by atoms with Crippen molar-refractivity contribution in [1.82, 2.24) is 14.5 Å². The summed E-state index contributed by atoms with van der Waals surface area (Å²) in [7, 11) is 0. The van der Waals surface area contributed by atoms with E-state index in [9.17, 15) is 4.79 Å². The number of rotatable bonds is 7. The Labute approximate surface area is 171 Å². The van der Waals surface area contributed by atoms with Crippen molar-refractivity contribution in [1.29, 1.82) is 0 Å². The van der Waals surface area contributed by atoms with E-state index in [-0.39, 0.29) is 11.9 Å². The second-order valence-corrected chi connectivity index (χ2v) is 7.43. The first-order chi connectivity index (χ1) is 14.2. The number of likely N-dealkylation sites (tertiary alicyclic amines) is 1. The topological polar surface area (TPSA) is 47.4 Å². The zero-order valence-corrected chi connectivity index (χ0v) is 16.9. The van der Waals surface area contributed by atoms with Crippen molar-refractivity contribution in [2.75, 3.05) is 13.2 Å². The molecule has 29 heavy (non-hydrogen) atoms. The molecule has 3 aromatic rings. The van der Waals surface area contributed by atoms with E-state index in [0.717, 1.165) is 54.0 Å². The predicted octanol–water partition coefficient (Wildman–Crippen LogP) is 4.53. The lowest BCUT2D eigenvalue weighted by molar-refractivity contribution is -0.129. The second-order valence-electron chi connectivity index (χ2n) is 7.43. The molecule has 1 aromatic heterocycles. The summed E-state index contributed by atoms with van der Waals surface area (Å²) in [4.78, 5) is 19.0. The van der Waals surface area contributed by atoms with Crippen molar-refractivity contribution < 1.29 is 9.53 Å². The van der Waals surface area contributed by atoms with E-state index in [1.807, 2.05) is 47.4 Å². The number of fused-ring (bicyclic) bond motifs is 1. The molecule has 0 radical (unpaired) electrons. The number of para-hydroxylation sites is 3. The summed E-state index contributed by atoms with van der Waals surface area (Å²) >= 11 is 0. The minimum Gasteiger partial charge on any atom is -0.491 e. The summed E-state index contributed by atoms with van der Waals surface area (Å²) in [6.45, 7) is 7.49. The molecule has 1 amide bonds. The highest BCUT2D eigenvalue weighted by atomic mass is 16.5. The molecule has 0 N–H and O–H groups in total. The van der Waals surface area contributed by atoms with Gasteiger partial charge >= 0.3 is 0 Å². The molecule has 1 aliphatic rings. The Bertz CT molecular complexity index is 1020. The zero-order chi connectivity index (χ0) is 20.2. The number of allylic oxidation sites excluding steroid dienone is 1. The Kier molecular flexibility index (Phi) is 5.65. The van der Waals surface area contributed by atoms with Crippen molar-refractivity contribution in [2.45, 2.75) is 38.8 Å². The van der Waals surface area contributed by atoms with E-state index >= 15 is 0 Å². The summed E-state index contributed by atoms with van der Waals surface area (Å²) in [5, 5.41) is 0. The van der Waals surface area contributed by atoms with Gasteiger partial charge in [0.2, 0.25) is 5.91 Å². The van der Waals surface area contributed by atoms with Crippen molar-refractivity contribution >= 4 is 16.9 Å². The van der Waals surface area contributed by atoms with Crippen LogP contribution in [0.15, 0.2) is 61.2 Å². The van der Waals surface area contributed by atoms with E-state index < -0.39 is 0 Å². The number of nitrogens with zero attached hydrogens (tertiary/aromatic N) is 3. The first-order valence-electron chi connectivity index (χ1n) is 10.2. The lowest BCUT2D eigenvalue weighted by atomic mass is 10.1. The maximum absolute atomic E-state index is 12.1. The number of imidazole rings is 1. The van der Waals surface area contributed by atoms with Crippen LogP contribution >= 0.6 is 0 Å². The fraction of sp³-hybridized carbons (Fsp3) is 0.333. The molecule has 0 bridgehead atoms. The second kappa shape index (κ2) is 8.52. The summed E-state index contributed by atoms with van der Waals surface area (Å²) in [5.74, 6) is 1.96. The van der Waals surface area contributed by atoms with Gasteiger partial charge in [0.05, 0.1) is 23.6 Å². The molecular weight excluding hydrogens is 362 g/mol. The number of carbonyl (C=O) groups is 1. The lowest BCUT2D eigenvalue weighted by Gasteiger charge is -2.24. The maximum atomic E-state index is 12.1. The van der Waals surface area contributed by atoms with Crippen molar-refractivity contribution in [2.24, 2.45) is 0 Å². The molecule has 2 heterocycles. The Morgan fingerprint density at radius 2 is 2.03 bits per heavy atom. The van der Waals surface area contributed by atoms with Gasteiger partial charge in [-0.1, -0.05) is 36.4 Å². The van der Waals surface area contributed by atoms with Crippen LogP contribution in [-0.2, 0) is 17.8 Å². The van der Waals surface area contributed by atoms with E-state index in [1.54, 1.807) is 6.92 Å². The standard InChI is InChI=1S/C24H27N3O2/c1-3-9-19-10-4-7-14-23(19)29-17-16-27-21-12-6-5-11-20(21)25-24(27)22-13-8-15-26(22)18(2)28/h3-7,10-12,14,22H,1,8-9,13,15-17H2,2H3/t22-/m1/s1. The minimum atomic E-state index is 0.0351. The molecule has 1 fully saturated rings. The number of amides is 1. The lowest BCUT2D eigenvalue weighted by Crippen LogP contribution is -2.30. The van der Waals surface area contributed by atoms with Crippen LogP contribution in [0.25, 0.3) is 11.0 Å². The van der Waals surface area contributed by atoms with Gasteiger partial charge in [0.15, 0.2) is 0 Å². The summed E-state index contributed by atoms with van der Waals surface area (Å²) in [6, 6.07) is 16.3. The number of hydrogen-bond acceptors (Lipinski definition) is 3. The third kappa shape index (κ3) is 3.90. The molecule has 1 atom stereocenters. The van der Waals surface area contributed by atoms with Crippen LogP contribution in [-0.4, -0.2) is 33.5 Å². The number of ether oxygens (including phenoxy) is 1. The smallest absolute Gasteiger partial charge is 0.220 e. The predicted molar refractivity (Wildman–Crippen MR) is 115 cm³/mol. The number of aromatic nitrogens is 2. The van der Waals surface area contributed by atoms with Crippen LogP contribution in [0.4, 0.5) is 0 Å².